The topological polar surface area (TPSA) is 35.5 Å². The summed E-state index contributed by atoms with van der Waals surface area (Å²) in [4.78, 5) is 11.9. The van der Waals surface area contributed by atoms with Crippen LogP contribution in [0.15, 0.2) is 0 Å². The summed E-state index contributed by atoms with van der Waals surface area (Å²) < 4.78 is 11.0. The number of esters is 1. The molecule has 3 nitrogen and oxygen atoms in total. The van der Waals surface area contributed by atoms with E-state index >= 15 is 0 Å². The van der Waals surface area contributed by atoms with Gasteiger partial charge in [-0.1, -0.05) is 13.8 Å². The largest absolute Gasteiger partial charge is 0.456 e. The second kappa shape index (κ2) is 4.52. The third kappa shape index (κ3) is 2.71. The van der Waals surface area contributed by atoms with E-state index in [9.17, 15) is 4.79 Å². The van der Waals surface area contributed by atoms with Crippen LogP contribution >= 0.6 is 0 Å². The molecule has 3 heteroatoms. The maximum atomic E-state index is 11.9. The Morgan fingerprint density at radius 2 is 2.13 bits per heavy atom. The van der Waals surface area contributed by atoms with E-state index in [-0.39, 0.29) is 17.0 Å². The van der Waals surface area contributed by atoms with Crippen molar-refractivity contribution in [2.45, 2.75) is 52.6 Å². The van der Waals surface area contributed by atoms with Gasteiger partial charge in [-0.25, -0.2) is 0 Å². The Balaban J connectivity index is 2.63. The van der Waals surface area contributed by atoms with Crippen molar-refractivity contribution in [3.8, 4) is 0 Å². The molecule has 0 aromatic heterocycles. The zero-order chi connectivity index (χ0) is 11.5. The molecular formula is C12H22O3. The van der Waals surface area contributed by atoms with Gasteiger partial charge in [-0.3, -0.25) is 4.79 Å². The summed E-state index contributed by atoms with van der Waals surface area (Å²) >= 11 is 0. The fourth-order valence-corrected chi connectivity index (χ4v) is 1.50. The van der Waals surface area contributed by atoms with Gasteiger partial charge in [-0.15, -0.1) is 0 Å². The molecule has 1 atom stereocenters. The minimum atomic E-state index is -0.384. The number of ether oxygens (including phenoxy) is 2. The summed E-state index contributed by atoms with van der Waals surface area (Å²) in [6.45, 7) is 9.15. The molecule has 0 N–H and O–H groups in total. The lowest BCUT2D eigenvalue weighted by Gasteiger charge is -2.31. The van der Waals surface area contributed by atoms with Crippen molar-refractivity contribution < 1.29 is 14.3 Å². The quantitative estimate of drug-likeness (QED) is 0.675. The van der Waals surface area contributed by atoms with Crippen molar-refractivity contribution in [2.75, 3.05) is 13.2 Å². The Morgan fingerprint density at radius 3 is 2.53 bits per heavy atom. The van der Waals surface area contributed by atoms with Crippen LogP contribution in [-0.4, -0.2) is 24.8 Å². The molecule has 0 bridgehead atoms. The molecule has 0 saturated carbocycles. The average Bonchev–Trinajstić information content (AvgIpc) is 2.67. The van der Waals surface area contributed by atoms with Gasteiger partial charge >= 0.3 is 5.97 Å². The molecule has 1 heterocycles. The van der Waals surface area contributed by atoms with E-state index in [1.165, 1.54) is 0 Å². The van der Waals surface area contributed by atoms with E-state index in [4.69, 9.17) is 9.47 Å². The van der Waals surface area contributed by atoms with E-state index < -0.39 is 0 Å². The fourth-order valence-electron chi connectivity index (χ4n) is 1.50. The molecule has 88 valence electrons. The van der Waals surface area contributed by atoms with Gasteiger partial charge < -0.3 is 9.47 Å². The Hall–Kier alpha value is -0.570. The van der Waals surface area contributed by atoms with Crippen LogP contribution in [0.25, 0.3) is 0 Å². The molecule has 0 aliphatic carbocycles. The molecule has 1 aliphatic rings. The second-order valence-electron chi connectivity index (χ2n) is 4.97. The highest BCUT2D eigenvalue weighted by Gasteiger charge is 2.40. The average molecular weight is 214 g/mol. The van der Waals surface area contributed by atoms with Crippen LogP contribution in [0, 0.1) is 5.41 Å². The maximum Gasteiger partial charge on any atom is 0.312 e. The highest BCUT2D eigenvalue weighted by atomic mass is 16.6. The first-order chi connectivity index (χ1) is 6.96. The lowest BCUT2D eigenvalue weighted by molar-refractivity contribution is -0.171. The fraction of sp³-hybridized carbons (Fsp3) is 0.917. The van der Waals surface area contributed by atoms with Crippen LogP contribution < -0.4 is 0 Å². The third-order valence-electron chi connectivity index (χ3n) is 3.46. The van der Waals surface area contributed by atoms with Gasteiger partial charge in [-0.2, -0.15) is 0 Å². The summed E-state index contributed by atoms with van der Waals surface area (Å²) in [5.74, 6) is -0.0997. The van der Waals surface area contributed by atoms with E-state index in [1.807, 2.05) is 27.7 Å². The van der Waals surface area contributed by atoms with Gasteiger partial charge in [0.05, 0.1) is 18.6 Å². The lowest BCUT2D eigenvalue weighted by Crippen LogP contribution is -2.39. The van der Waals surface area contributed by atoms with Gasteiger partial charge in [0, 0.05) is 6.42 Å². The van der Waals surface area contributed by atoms with Crippen LogP contribution in [0.4, 0.5) is 0 Å². The van der Waals surface area contributed by atoms with Crippen LogP contribution in [0.3, 0.4) is 0 Å². The van der Waals surface area contributed by atoms with Crippen molar-refractivity contribution in [2.24, 2.45) is 5.41 Å². The summed E-state index contributed by atoms with van der Waals surface area (Å²) in [5, 5.41) is 0. The first-order valence-electron chi connectivity index (χ1n) is 5.77. The standard InChI is InChI=1S/C12H22O3/c1-5-11(3,4)10(13)15-12(6-2)7-8-14-9-12/h5-9H2,1-4H3. The predicted molar refractivity (Wildman–Crippen MR) is 58.6 cm³/mol. The van der Waals surface area contributed by atoms with Crippen LogP contribution in [-0.2, 0) is 14.3 Å². The van der Waals surface area contributed by atoms with Crippen molar-refractivity contribution in [1.29, 1.82) is 0 Å². The summed E-state index contributed by atoms with van der Waals surface area (Å²) in [6.07, 6.45) is 2.46. The van der Waals surface area contributed by atoms with Crippen LogP contribution in [0.5, 0.6) is 0 Å². The number of hydrogen-bond acceptors (Lipinski definition) is 3. The van der Waals surface area contributed by atoms with E-state index in [1.54, 1.807) is 0 Å². The van der Waals surface area contributed by atoms with Crippen LogP contribution in [0.2, 0.25) is 0 Å². The predicted octanol–water partition coefficient (Wildman–Crippen LogP) is 2.53. The van der Waals surface area contributed by atoms with Crippen molar-refractivity contribution in [1.82, 2.24) is 0 Å². The van der Waals surface area contributed by atoms with E-state index in [0.717, 1.165) is 19.3 Å². The molecule has 0 aromatic rings. The Bertz CT molecular complexity index is 227. The smallest absolute Gasteiger partial charge is 0.312 e. The molecule has 1 rings (SSSR count). The Morgan fingerprint density at radius 1 is 1.47 bits per heavy atom. The van der Waals surface area contributed by atoms with Gasteiger partial charge in [0.15, 0.2) is 0 Å². The molecule has 1 saturated heterocycles. The number of carbonyl (C=O) groups excluding carboxylic acids is 1. The number of hydrogen-bond donors (Lipinski definition) is 0. The minimum Gasteiger partial charge on any atom is -0.456 e. The van der Waals surface area contributed by atoms with Gasteiger partial charge in [-0.05, 0) is 26.7 Å². The highest BCUT2D eigenvalue weighted by Crippen LogP contribution is 2.31. The molecule has 0 radical (unpaired) electrons. The molecule has 0 aromatic carbocycles. The SMILES string of the molecule is CCC1(OC(=O)C(C)(C)CC)CCOC1. The summed E-state index contributed by atoms with van der Waals surface area (Å²) in [7, 11) is 0. The normalized spacial score (nSPS) is 26.7. The monoisotopic (exact) mass is 214 g/mol. The third-order valence-corrected chi connectivity index (χ3v) is 3.46. The lowest BCUT2D eigenvalue weighted by atomic mass is 9.89. The molecule has 1 aliphatic heterocycles. The first-order valence-corrected chi connectivity index (χ1v) is 5.77. The first kappa shape index (κ1) is 12.5. The van der Waals surface area contributed by atoms with E-state index in [2.05, 4.69) is 0 Å². The second-order valence-corrected chi connectivity index (χ2v) is 4.97. The zero-order valence-electron chi connectivity index (χ0n) is 10.3. The minimum absolute atomic E-state index is 0.0997. The molecule has 1 unspecified atom stereocenters. The van der Waals surface area contributed by atoms with Crippen molar-refractivity contribution in [3.05, 3.63) is 0 Å². The van der Waals surface area contributed by atoms with Gasteiger partial charge in [0.1, 0.15) is 5.60 Å². The summed E-state index contributed by atoms with van der Waals surface area (Å²) in [6, 6.07) is 0. The van der Waals surface area contributed by atoms with Gasteiger partial charge in [0.25, 0.3) is 0 Å². The number of rotatable bonds is 4. The zero-order valence-corrected chi connectivity index (χ0v) is 10.3. The molecule has 0 spiro atoms. The molecule has 1 fully saturated rings. The van der Waals surface area contributed by atoms with Crippen molar-refractivity contribution in [3.63, 3.8) is 0 Å². The van der Waals surface area contributed by atoms with E-state index in [0.29, 0.717) is 13.2 Å². The molecule has 15 heavy (non-hydrogen) atoms. The van der Waals surface area contributed by atoms with Crippen molar-refractivity contribution >= 4 is 5.97 Å². The number of carbonyl (C=O) groups is 1. The van der Waals surface area contributed by atoms with Crippen LogP contribution in [0.1, 0.15) is 47.0 Å². The molecule has 0 amide bonds. The molecular weight excluding hydrogens is 192 g/mol. The maximum absolute atomic E-state index is 11.9. The Kier molecular flexibility index (Phi) is 3.77. The Labute approximate surface area is 92.1 Å². The summed E-state index contributed by atoms with van der Waals surface area (Å²) in [5.41, 5.74) is -0.742. The highest BCUT2D eigenvalue weighted by molar-refractivity contribution is 5.76. The van der Waals surface area contributed by atoms with Gasteiger partial charge in [0.2, 0.25) is 0 Å².